The Labute approximate surface area is 357 Å². The predicted molar refractivity (Wildman–Crippen MR) is 236 cm³/mol. The van der Waals surface area contributed by atoms with Gasteiger partial charge in [0.1, 0.15) is 51.1 Å². The zero-order valence-electron chi connectivity index (χ0n) is 34.6. The summed E-state index contributed by atoms with van der Waals surface area (Å²) in [5.41, 5.74) is 5.49. The molecule has 13 nitrogen and oxygen atoms in total. The van der Waals surface area contributed by atoms with Crippen LogP contribution in [0.5, 0.6) is 0 Å². The molecular weight excluding hydrogens is 812 g/mol. The Morgan fingerprint density at radius 1 is 0.524 bits per heavy atom. The van der Waals surface area contributed by atoms with Gasteiger partial charge in [-0.2, -0.15) is 0 Å². The molecule has 9 aromatic rings. The summed E-state index contributed by atoms with van der Waals surface area (Å²) in [4.78, 5) is 63.7. The molecule has 318 valence electrons. The Kier molecular flexibility index (Phi) is 13.3. The van der Waals surface area contributed by atoms with Gasteiger partial charge in [0.2, 0.25) is 0 Å². The third-order valence-corrected chi connectivity index (χ3v) is 9.76. The minimum Gasteiger partial charge on any atom is -0.383 e. The molecule has 16 heteroatoms. The van der Waals surface area contributed by atoms with Crippen LogP contribution in [0.3, 0.4) is 0 Å². The van der Waals surface area contributed by atoms with E-state index in [4.69, 9.17) is 4.74 Å². The molecule has 9 rings (SSSR count). The Morgan fingerprint density at radius 2 is 0.889 bits per heavy atom. The van der Waals surface area contributed by atoms with E-state index in [0.717, 1.165) is 0 Å². The number of halogens is 3. The van der Waals surface area contributed by atoms with Gasteiger partial charge in [-0.15, -0.1) is 0 Å². The number of benzene rings is 3. The van der Waals surface area contributed by atoms with E-state index < -0.39 is 0 Å². The molecule has 0 radical (unpaired) electrons. The first-order valence-electron chi connectivity index (χ1n) is 19.8. The zero-order valence-corrected chi connectivity index (χ0v) is 34.6. The van der Waals surface area contributed by atoms with Crippen LogP contribution in [-0.4, -0.2) is 57.3 Å². The van der Waals surface area contributed by atoms with Crippen molar-refractivity contribution < 1.29 is 17.9 Å². The SMILES string of the molecule is CC(C)n1c(=O)c(-c2ccc(F)cc2)nc2cccnc21.CCn1c(=O)c(-c2ccc(F)cc2)nc2cccnc21.COCCn1c(=O)c(-c2ccc(F)cc2)nc2cccnc21. The fraction of sp³-hybridized carbons (Fsp3) is 0.170. The van der Waals surface area contributed by atoms with Gasteiger partial charge in [0.15, 0.2) is 16.9 Å². The Hall–Kier alpha value is -7.72. The highest BCUT2D eigenvalue weighted by Gasteiger charge is 2.17. The second-order valence-corrected chi connectivity index (χ2v) is 14.2. The summed E-state index contributed by atoms with van der Waals surface area (Å²) in [6, 6.07) is 27.9. The van der Waals surface area contributed by atoms with Gasteiger partial charge in [-0.1, -0.05) is 0 Å². The molecule has 3 aromatic carbocycles. The number of pyridine rings is 3. The van der Waals surface area contributed by atoms with Crippen LogP contribution in [0.25, 0.3) is 67.3 Å². The molecule has 0 N–H and O–H groups in total. The number of rotatable bonds is 8. The second kappa shape index (κ2) is 19.3. The number of aryl methyl sites for hydroxylation is 1. The van der Waals surface area contributed by atoms with Crippen molar-refractivity contribution in [1.29, 1.82) is 0 Å². The van der Waals surface area contributed by atoms with E-state index >= 15 is 0 Å². The lowest BCUT2D eigenvalue weighted by Crippen LogP contribution is -2.26. The van der Waals surface area contributed by atoms with Crippen LogP contribution >= 0.6 is 0 Å². The Bertz CT molecular complexity index is 3230. The molecule has 0 bridgehead atoms. The van der Waals surface area contributed by atoms with Crippen molar-refractivity contribution in [3.63, 3.8) is 0 Å². The number of hydrogen-bond donors (Lipinski definition) is 0. The summed E-state index contributed by atoms with van der Waals surface area (Å²) in [6.45, 7) is 6.99. The van der Waals surface area contributed by atoms with Crippen molar-refractivity contribution in [2.75, 3.05) is 13.7 Å². The lowest BCUT2D eigenvalue weighted by atomic mass is 10.1. The average Bonchev–Trinajstić information content (AvgIpc) is 3.29. The van der Waals surface area contributed by atoms with E-state index in [2.05, 4.69) is 29.9 Å². The molecule has 0 spiro atoms. The summed E-state index contributed by atoms with van der Waals surface area (Å²) in [5.74, 6) is -1.04. The second-order valence-electron chi connectivity index (χ2n) is 14.2. The molecule has 6 aromatic heterocycles. The van der Waals surface area contributed by atoms with Gasteiger partial charge in [-0.25, -0.2) is 43.1 Å². The summed E-state index contributed by atoms with van der Waals surface area (Å²) >= 11 is 0. The topological polar surface area (TPSA) is 153 Å². The van der Waals surface area contributed by atoms with Crippen LogP contribution in [0.4, 0.5) is 13.2 Å². The van der Waals surface area contributed by atoms with E-state index in [1.54, 1.807) is 102 Å². The van der Waals surface area contributed by atoms with Gasteiger partial charge in [0.25, 0.3) is 16.7 Å². The van der Waals surface area contributed by atoms with Crippen molar-refractivity contribution in [2.24, 2.45) is 0 Å². The van der Waals surface area contributed by atoms with Crippen molar-refractivity contribution in [3.05, 3.63) is 176 Å². The van der Waals surface area contributed by atoms with Gasteiger partial charge < -0.3 is 4.74 Å². The van der Waals surface area contributed by atoms with Gasteiger partial charge >= 0.3 is 0 Å². The summed E-state index contributed by atoms with van der Waals surface area (Å²) in [6.07, 6.45) is 4.89. The molecule has 0 amide bonds. The number of fused-ring (bicyclic) bond motifs is 3. The Morgan fingerprint density at radius 3 is 1.29 bits per heavy atom. The first-order valence-corrected chi connectivity index (χ1v) is 19.8. The largest absolute Gasteiger partial charge is 0.383 e. The van der Waals surface area contributed by atoms with Crippen molar-refractivity contribution >= 4 is 33.5 Å². The molecule has 0 saturated carbocycles. The average molecular weight is 852 g/mol. The third-order valence-electron chi connectivity index (χ3n) is 9.76. The standard InChI is InChI=1S/C16H14FN3O2.C16H14FN3O.C15H12FN3O/c1-22-10-9-20-15-13(3-2-8-18-15)19-14(16(20)21)11-4-6-12(17)7-5-11;1-10(2)20-15-13(4-3-9-18-15)19-14(16(20)21)11-5-7-12(17)8-6-11;1-2-19-14-12(4-3-9-17-14)18-13(15(19)20)10-5-7-11(16)8-6-10/h2-8H,9-10H2,1H3;3-10H,1-2H3;3-9H,2H2,1H3. The molecule has 0 unspecified atom stereocenters. The number of aromatic nitrogens is 9. The zero-order chi connectivity index (χ0) is 44.6. The fourth-order valence-corrected chi connectivity index (χ4v) is 6.74. The molecule has 0 fully saturated rings. The maximum absolute atomic E-state index is 13.1. The maximum Gasteiger partial charge on any atom is 0.278 e. The highest BCUT2D eigenvalue weighted by molar-refractivity contribution is 5.76. The number of ether oxygens (including phenoxy) is 1. The maximum atomic E-state index is 13.1. The highest BCUT2D eigenvalue weighted by atomic mass is 19.1. The van der Waals surface area contributed by atoms with Crippen molar-refractivity contribution in [1.82, 2.24) is 43.6 Å². The molecule has 0 atom stereocenters. The van der Waals surface area contributed by atoms with Crippen LogP contribution in [0, 0.1) is 17.5 Å². The normalized spacial score (nSPS) is 11.0. The lowest BCUT2D eigenvalue weighted by Gasteiger charge is -2.14. The summed E-state index contributed by atoms with van der Waals surface area (Å²) in [7, 11) is 1.57. The quantitative estimate of drug-likeness (QED) is 0.147. The molecule has 0 aliphatic carbocycles. The molecule has 0 aliphatic rings. The van der Waals surface area contributed by atoms with Crippen LogP contribution < -0.4 is 16.7 Å². The summed E-state index contributed by atoms with van der Waals surface area (Å²) in [5, 5.41) is 0. The molecule has 63 heavy (non-hydrogen) atoms. The van der Waals surface area contributed by atoms with Crippen LogP contribution in [0.1, 0.15) is 26.8 Å². The lowest BCUT2D eigenvalue weighted by molar-refractivity contribution is 0.187. The van der Waals surface area contributed by atoms with E-state index in [1.165, 1.54) is 41.0 Å². The third kappa shape index (κ3) is 9.45. The number of hydrogen-bond acceptors (Lipinski definition) is 10. The van der Waals surface area contributed by atoms with Gasteiger partial charge in [0, 0.05) is 55.0 Å². The molecule has 0 saturated heterocycles. The molecule has 0 aliphatic heterocycles. The van der Waals surface area contributed by atoms with Crippen LogP contribution in [-0.2, 0) is 17.8 Å². The van der Waals surface area contributed by atoms with Crippen molar-refractivity contribution in [3.8, 4) is 33.8 Å². The predicted octanol–water partition coefficient (Wildman–Crippen LogP) is 8.04. The minimum absolute atomic E-state index is 0.0444. The Balaban J connectivity index is 0.000000142. The monoisotopic (exact) mass is 851 g/mol. The molecule has 6 heterocycles. The number of nitrogens with zero attached hydrogens (tertiary/aromatic N) is 9. The van der Waals surface area contributed by atoms with E-state index in [-0.39, 0.29) is 45.9 Å². The van der Waals surface area contributed by atoms with Crippen LogP contribution in [0.2, 0.25) is 0 Å². The van der Waals surface area contributed by atoms with Crippen molar-refractivity contribution in [2.45, 2.75) is 39.9 Å². The smallest absolute Gasteiger partial charge is 0.278 e. The fourth-order valence-electron chi connectivity index (χ4n) is 6.74. The van der Waals surface area contributed by atoms with E-state index in [0.29, 0.717) is 81.3 Å². The molecular formula is C47H40F3N9O4. The summed E-state index contributed by atoms with van der Waals surface area (Å²) < 4.78 is 48.9. The van der Waals surface area contributed by atoms with E-state index in [1.807, 2.05) is 26.8 Å². The van der Waals surface area contributed by atoms with Gasteiger partial charge in [-0.3, -0.25) is 28.1 Å². The minimum atomic E-state index is -0.356. The van der Waals surface area contributed by atoms with Crippen LogP contribution in [0.15, 0.2) is 142 Å². The number of methoxy groups -OCH3 is 1. The van der Waals surface area contributed by atoms with E-state index in [9.17, 15) is 27.6 Å². The van der Waals surface area contributed by atoms with Gasteiger partial charge in [-0.05, 0) is 130 Å². The first-order chi connectivity index (χ1) is 30.5. The first kappa shape index (κ1) is 43.4. The van der Waals surface area contributed by atoms with Gasteiger partial charge in [0.05, 0.1) is 13.2 Å². The highest BCUT2D eigenvalue weighted by Crippen LogP contribution is 2.21.